The van der Waals surface area contributed by atoms with E-state index in [-0.39, 0.29) is 18.1 Å². The largest absolute Gasteiger partial charge is 0.378 e. The first kappa shape index (κ1) is 14.8. The van der Waals surface area contributed by atoms with Crippen LogP contribution in [0.25, 0.3) is 0 Å². The molecule has 17 heavy (non-hydrogen) atoms. The number of carbonyl (C=O) groups excluding carboxylic acids is 1. The molecular formula is C13H24ClNO2. The predicted octanol–water partition coefficient (Wildman–Crippen LogP) is 2.72. The lowest BCUT2D eigenvalue weighted by Crippen LogP contribution is -2.40. The fraction of sp³-hybridized carbons (Fsp3) is 0.923. The Morgan fingerprint density at radius 3 is 2.76 bits per heavy atom. The first-order valence-electron chi connectivity index (χ1n) is 6.60. The molecule has 1 heterocycles. The molecule has 1 rings (SSSR count). The summed E-state index contributed by atoms with van der Waals surface area (Å²) in [6.07, 6.45) is 5.13. The standard InChI is InChI=1S/C13H24ClNO2/c1-10(2)12(9-14)15-13(16)7-6-11-5-3-4-8-17-11/h10-12H,3-9H2,1-2H3,(H,15,16). The van der Waals surface area contributed by atoms with Crippen LogP contribution < -0.4 is 5.32 Å². The van der Waals surface area contributed by atoms with E-state index in [0.717, 1.165) is 25.9 Å². The number of alkyl halides is 1. The zero-order valence-electron chi connectivity index (χ0n) is 10.9. The third-order valence-electron chi connectivity index (χ3n) is 3.28. The summed E-state index contributed by atoms with van der Waals surface area (Å²) in [6.45, 7) is 4.98. The van der Waals surface area contributed by atoms with Gasteiger partial charge in [0.1, 0.15) is 0 Å². The SMILES string of the molecule is CC(C)C(CCl)NC(=O)CCC1CCCCO1. The third kappa shape index (κ3) is 5.73. The van der Waals surface area contributed by atoms with Crippen molar-refractivity contribution in [2.75, 3.05) is 12.5 Å². The molecule has 2 atom stereocenters. The van der Waals surface area contributed by atoms with Crippen LogP contribution in [0.2, 0.25) is 0 Å². The van der Waals surface area contributed by atoms with Crippen LogP contribution in [0, 0.1) is 5.92 Å². The van der Waals surface area contributed by atoms with Crippen molar-refractivity contribution in [3.63, 3.8) is 0 Å². The first-order valence-corrected chi connectivity index (χ1v) is 7.14. The predicted molar refractivity (Wildman–Crippen MR) is 70.3 cm³/mol. The van der Waals surface area contributed by atoms with E-state index in [2.05, 4.69) is 19.2 Å². The smallest absolute Gasteiger partial charge is 0.220 e. The molecule has 0 saturated carbocycles. The Balaban J connectivity index is 2.19. The fourth-order valence-electron chi connectivity index (χ4n) is 1.99. The average molecular weight is 262 g/mol. The maximum Gasteiger partial charge on any atom is 0.220 e. The van der Waals surface area contributed by atoms with Gasteiger partial charge in [-0.25, -0.2) is 0 Å². The van der Waals surface area contributed by atoms with Crippen molar-refractivity contribution < 1.29 is 9.53 Å². The monoisotopic (exact) mass is 261 g/mol. The van der Waals surface area contributed by atoms with Crippen LogP contribution in [0.15, 0.2) is 0 Å². The Hall–Kier alpha value is -0.280. The molecular weight excluding hydrogens is 238 g/mol. The molecule has 1 N–H and O–H groups in total. The second kappa shape index (κ2) is 7.93. The summed E-state index contributed by atoms with van der Waals surface area (Å²) in [4.78, 5) is 11.7. The van der Waals surface area contributed by atoms with E-state index in [4.69, 9.17) is 16.3 Å². The van der Waals surface area contributed by atoms with Crippen molar-refractivity contribution in [1.82, 2.24) is 5.32 Å². The van der Waals surface area contributed by atoms with E-state index in [1.54, 1.807) is 0 Å². The minimum atomic E-state index is 0.0800. The van der Waals surface area contributed by atoms with Gasteiger partial charge in [-0.05, 0) is 31.6 Å². The second-order valence-electron chi connectivity index (χ2n) is 5.10. The quantitative estimate of drug-likeness (QED) is 0.747. The molecule has 1 aliphatic rings. The minimum absolute atomic E-state index is 0.0800. The van der Waals surface area contributed by atoms with Gasteiger partial charge in [0.15, 0.2) is 0 Å². The van der Waals surface area contributed by atoms with Crippen LogP contribution in [0.5, 0.6) is 0 Å². The molecule has 0 bridgehead atoms. The summed E-state index contributed by atoms with van der Waals surface area (Å²) in [5.74, 6) is 0.949. The van der Waals surface area contributed by atoms with Crippen molar-refractivity contribution in [3.8, 4) is 0 Å². The number of carbonyl (C=O) groups is 1. The van der Waals surface area contributed by atoms with Gasteiger partial charge in [-0.3, -0.25) is 4.79 Å². The zero-order chi connectivity index (χ0) is 12.7. The van der Waals surface area contributed by atoms with E-state index in [0.29, 0.717) is 18.2 Å². The molecule has 1 aliphatic heterocycles. The zero-order valence-corrected chi connectivity index (χ0v) is 11.6. The number of ether oxygens (including phenoxy) is 1. The minimum Gasteiger partial charge on any atom is -0.378 e. The first-order chi connectivity index (χ1) is 8.13. The van der Waals surface area contributed by atoms with E-state index in [1.807, 2.05) is 0 Å². The Kier molecular flexibility index (Phi) is 6.90. The van der Waals surface area contributed by atoms with E-state index in [9.17, 15) is 4.79 Å². The highest BCUT2D eigenvalue weighted by Crippen LogP contribution is 2.17. The Morgan fingerprint density at radius 2 is 2.24 bits per heavy atom. The lowest BCUT2D eigenvalue weighted by atomic mass is 10.0. The average Bonchev–Trinajstić information content (AvgIpc) is 2.34. The number of halogens is 1. The van der Waals surface area contributed by atoms with Gasteiger partial charge in [-0.15, -0.1) is 11.6 Å². The van der Waals surface area contributed by atoms with Crippen LogP contribution in [-0.4, -0.2) is 30.5 Å². The lowest BCUT2D eigenvalue weighted by molar-refractivity contribution is -0.123. The molecule has 0 radical (unpaired) electrons. The molecule has 100 valence electrons. The molecule has 3 nitrogen and oxygen atoms in total. The van der Waals surface area contributed by atoms with Crippen molar-refractivity contribution >= 4 is 17.5 Å². The van der Waals surface area contributed by atoms with Crippen molar-refractivity contribution in [3.05, 3.63) is 0 Å². The van der Waals surface area contributed by atoms with Gasteiger partial charge in [0.25, 0.3) is 0 Å². The molecule has 1 fully saturated rings. The number of nitrogens with one attached hydrogen (secondary N) is 1. The molecule has 4 heteroatoms. The van der Waals surface area contributed by atoms with Crippen LogP contribution in [0.1, 0.15) is 46.0 Å². The molecule has 0 aromatic carbocycles. The summed E-state index contributed by atoms with van der Waals surface area (Å²) in [7, 11) is 0. The maximum atomic E-state index is 11.7. The van der Waals surface area contributed by atoms with E-state index >= 15 is 0 Å². The normalized spacial score (nSPS) is 22.5. The molecule has 2 unspecified atom stereocenters. The van der Waals surface area contributed by atoms with Crippen molar-refractivity contribution in [1.29, 1.82) is 0 Å². The summed E-state index contributed by atoms with van der Waals surface area (Å²) >= 11 is 5.82. The molecule has 0 spiro atoms. The van der Waals surface area contributed by atoms with E-state index < -0.39 is 0 Å². The summed E-state index contributed by atoms with van der Waals surface area (Å²) < 4.78 is 5.60. The molecule has 0 aromatic heterocycles. The van der Waals surface area contributed by atoms with Crippen LogP contribution in [0.4, 0.5) is 0 Å². The van der Waals surface area contributed by atoms with Gasteiger partial charge in [-0.2, -0.15) is 0 Å². The number of amides is 1. The molecule has 0 aromatic rings. The molecule has 0 aliphatic carbocycles. The lowest BCUT2D eigenvalue weighted by Gasteiger charge is -2.23. The highest BCUT2D eigenvalue weighted by molar-refractivity contribution is 6.18. The number of rotatable bonds is 6. The summed E-state index contributed by atoms with van der Waals surface area (Å²) in [6, 6.07) is 0.0800. The summed E-state index contributed by atoms with van der Waals surface area (Å²) in [5.41, 5.74) is 0. The summed E-state index contributed by atoms with van der Waals surface area (Å²) in [5, 5.41) is 2.98. The van der Waals surface area contributed by atoms with Gasteiger partial charge >= 0.3 is 0 Å². The van der Waals surface area contributed by atoms with Crippen LogP contribution in [-0.2, 0) is 9.53 Å². The third-order valence-corrected chi connectivity index (χ3v) is 3.62. The van der Waals surface area contributed by atoms with E-state index in [1.165, 1.54) is 6.42 Å². The Morgan fingerprint density at radius 1 is 1.47 bits per heavy atom. The number of hydrogen-bond donors (Lipinski definition) is 1. The highest BCUT2D eigenvalue weighted by atomic mass is 35.5. The van der Waals surface area contributed by atoms with Gasteiger partial charge in [0.2, 0.25) is 5.91 Å². The highest BCUT2D eigenvalue weighted by Gasteiger charge is 2.18. The topological polar surface area (TPSA) is 38.3 Å². The van der Waals surface area contributed by atoms with Crippen molar-refractivity contribution in [2.24, 2.45) is 5.92 Å². The maximum absolute atomic E-state index is 11.7. The van der Waals surface area contributed by atoms with Crippen LogP contribution >= 0.6 is 11.6 Å². The Bertz CT molecular complexity index is 227. The molecule has 1 saturated heterocycles. The molecule has 1 amide bonds. The van der Waals surface area contributed by atoms with Gasteiger partial charge < -0.3 is 10.1 Å². The van der Waals surface area contributed by atoms with Gasteiger partial charge in [0, 0.05) is 24.9 Å². The second-order valence-corrected chi connectivity index (χ2v) is 5.41. The number of hydrogen-bond acceptors (Lipinski definition) is 2. The van der Waals surface area contributed by atoms with Crippen molar-refractivity contribution in [2.45, 2.75) is 58.1 Å². The van der Waals surface area contributed by atoms with Crippen LogP contribution in [0.3, 0.4) is 0 Å². The Labute approximate surface area is 109 Å². The van der Waals surface area contributed by atoms with Gasteiger partial charge in [0.05, 0.1) is 6.10 Å². The fourth-order valence-corrected chi connectivity index (χ4v) is 2.42. The van der Waals surface area contributed by atoms with Gasteiger partial charge in [-0.1, -0.05) is 13.8 Å².